The van der Waals surface area contributed by atoms with Crippen LogP contribution in [0.2, 0.25) is 0 Å². The number of fused-ring (bicyclic) bond motifs is 1. The standard InChI is InChI=1S/C18H27N2O6PS/c1-12-3-2-4-14-10-23-27(22,26-17(12)14)24-11-15-5-6-16(25-15)20-8-13(9-21)7-19-18(20)28/h8-9,12,14-17H,2-7,10-11H2,1H3,(H,19,28)/t12?,14?,15-,16+,17?,27?/m0/s1. The molecule has 1 N–H and O–H groups in total. The fourth-order valence-corrected chi connectivity index (χ4v) is 6.16. The van der Waals surface area contributed by atoms with E-state index in [0.29, 0.717) is 35.7 Å². The molecule has 0 aromatic heterocycles. The van der Waals surface area contributed by atoms with Crippen LogP contribution in [0.25, 0.3) is 0 Å². The Morgan fingerprint density at radius 1 is 1.39 bits per heavy atom. The van der Waals surface area contributed by atoms with E-state index in [1.807, 2.05) is 0 Å². The van der Waals surface area contributed by atoms with E-state index >= 15 is 0 Å². The van der Waals surface area contributed by atoms with Crippen molar-refractivity contribution in [1.29, 1.82) is 0 Å². The summed E-state index contributed by atoms with van der Waals surface area (Å²) in [4.78, 5) is 12.8. The first-order chi connectivity index (χ1) is 13.5. The van der Waals surface area contributed by atoms with Crippen molar-refractivity contribution < 1.29 is 27.7 Å². The maximum absolute atomic E-state index is 12.9. The number of phosphoric ester groups is 1. The molecule has 10 heteroatoms. The van der Waals surface area contributed by atoms with Crippen LogP contribution >= 0.6 is 20.0 Å². The lowest BCUT2D eigenvalue weighted by molar-refractivity contribution is -0.105. The van der Waals surface area contributed by atoms with E-state index in [1.54, 1.807) is 11.1 Å². The van der Waals surface area contributed by atoms with E-state index < -0.39 is 7.82 Å². The summed E-state index contributed by atoms with van der Waals surface area (Å²) >= 11 is 5.31. The molecule has 0 aromatic carbocycles. The smallest absolute Gasteiger partial charge is 0.358 e. The van der Waals surface area contributed by atoms with Crippen LogP contribution in [-0.2, 0) is 27.7 Å². The van der Waals surface area contributed by atoms with Gasteiger partial charge in [0.15, 0.2) is 5.11 Å². The lowest BCUT2D eigenvalue weighted by atomic mass is 9.80. The van der Waals surface area contributed by atoms with E-state index in [-0.39, 0.29) is 25.0 Å². The second-order valence-electron chi connectivity index (χ2n) is 7.95. The number of nitrogens with zero attached hydrogens (tertiary/aromatic N) is 1. The minimum atomic E-state index is -3.56. The Kier molecular flexibility index (Phi) is 6.20. The van der Waals surface area contributed by atoms with Crippen LogP contribution in [0.15, 0.2) is 11.8 Å². The molecule has 0 aromatic rings. The molecule has 1 aliphatic carbocycles. The predicted molar refractivity (Wildman–Crippen MR) is 105 cm³/mol. The third kappa shape index (κ3) is 4.35. The summed E-state index contributed by atoms with van der Waals surface area (Å²) in [5.74, 6) is 0.658. The van der Waals surface area contributed by atoms with Gasteiger partial charge < -0.3 is 10.1 Å². The highest BCUT2D eigenvalue weighted by Crippen LogP contribution is 2.57. The van der Waals surface area contributed by atoms with Crippen molar-refractivity contribution in [3.05, 3.63) is 11.8 Å². The number of aldehydes is 1. The minimum Gasteiger partial charge on any atom is -0.358 e. The first-order valence-electron chi connectivity index (χ1n) is 9.92. The summed E-state index contributed by atoms with van der Waals surface area (Å²) in [5, 5.41) is 3.54. The Hall–Kier alpha value is -0.830. The van der Waals surface area contributed by atoms with Crippen molar-refractivity contribution in [3.63, 3.8) is 0 Å². The van der Waals surface area contributed by atoms with Gasteiger partial charge in [0.2, 0.25) is 0 Å². The zero-order valence-electron chi connectivity index (χ0n) is 16.0. The Bertz CT molecular complexity index is 704. The molecule has 4 rings (SSSR count). The Morgan fingerprint density at radius 2 is 2.25 bits per heavy atom. The number of carbonyl (C=O) groups excluding carboxylic acids is 1. The number of nitrogens with one attached hydrogen (secondary N) is 1. The monoisotopic (exact) mass is 430 g/mol. The van der Waals surface area contributed by atoms with Crippen LogP contribution in [0.5, 0.6) is 0 Å². The SMILES string of the molecule is CC1CCCC2COP(=O)(OC[C@@H]3CC[C@H](N4C=C(C=O)CNC4=S)O3)OC12. The number of hydrogen-bond acceptors (Lipinski definition) is 7. The van der Waals surface area contributed by atoms with Gasteiger partial charge >= 0.3 is 7.82 Å². The second-order valence-corrected chi connectivity index (χ2v) is 9.96. The van der Waals surface area contributed by atoms with Gasteiger partial charge in [-0.1, -0.05) is 13.3 Å². The van der Waals surface area contributed by atoms with E-state index in [0.717, 1.165) is 38.4 Å². The summed E-state index contributed by atoms with van der Waals surface area (Å²) in [6.45, 7) is 3.12. The second kappa shape index (κ2) is 8.50. The van der Waals surface area contributed by atoms with E-state index in [1.165, 1.54) is 0 Å². The number of hydrogen-bond donors (Lipinski definition) is 1. The van der Waals surface area contributed by atoms with Gasteiger partial charge in [0, 0.05) is 24.2 Å². The summed E-state index contributed by atoms with van der Waals surface area (Å²) in [6.07, 6.45) is 6.70. The summed E-state index contributed by atoms with van der Waals surface area (Å²) < 4.78 is 35.8. The number of phosphoric acid groups is 1. The van der Waals surface area contributed by atoms with E-state index in [2.05, 4.69) is 12.2 Å². The number of ether oxygens (including phenoxy) is 1. The van der Waals surface area contributed by atoms with Gasteiger partial charge in [0.05, 0.1) is 25.4 Å². The molecule has 4 unspecified atom stereocenters. The van der Waals surface area contributed by atoms with Crippen molar-refractivity contribution in [2.45, 2.75) is 57.5 Å². The average molecular weight is 430 g/mol. The van der Waals surface area contributed by atoms with Crippen molar-refractivity contribution in [3.8, 4) is 0 Å². The first kappa shape index (κ1) is 20.4. The van der Waals surface area contributed by atoms with Crippen molar-refractivity contribution in [2.24, 2.45) is 11.8 Å². The van der Waals surface area contributed by atoms with Gasteiger partial charge in [-0.2, -0.15) is 0 Å². The third-order valence-corrected chi connectivity index (χ3v) is 7.69. The van der Waals surface area contributed by atoms with Gasteiger partial charge in [-0.15, -0.1) is 0 Å². The molecule has 1 saturated carbocycles. The van der Waals surface area contributed by atoms with Crippen molar-refractivity contribution in [2.75, 3.05) is 19.8 Å². The molecule has 0 amide bonds. The maximum atomic E-state index is 12.9. The largest absolute Gasteiger partial charge is 0.475 e. The molecule has 8 nitrogen and oxygen atoms in total. The van der Waals surface area contributed by atoms with Crippen LogP contribution in [0.3, 0.4) is 0 Å². The zero-order valence-corrected chi connectivity index (χ0v) is 17.7. The molecule has 0 spiro atoms. The lowest BCUT2D eigenvalue weighted by Gasteiger charge is -2.41. The fourth-order valence-electron chi connectivity index (χ4n) is 4.32. The molecular formula is C18H27N2O6PS. The van der Waals surface area contributed by atoms with Gasteiger partial charge in [-0.25, -0.2) is 4.57 Å². The lowest BCUT2D eigenvalue weighted by Crippen LogP contribution is -2.47. The quantitative estimate of drug-likeness (QED) is 0.402. The summed E-state index contributed by atoms with van der Waals surface area (Å²) in [5.41, 5.74) is 0.612. The zero-order chi connectivity index (χ0) is 19.7. The van der Waals surface area contributed by atoms with Gasteiger partial charge in [-0.3, -0.25) is 23.3 Å². The van der Waals surface area contributed by atoms with Crippen LogP contribution in [0.1, 0.15) is 39.0 Å². The summed E-state index contributed by atoms with van der Waals surface area (Å²) in [6, 6.07) is 0. The molecule has 2 saturated heterocycles. The molecular weight excluding hydrogens is 403 g/mol. The first-order valence-corrected chi connectivity index (χ1v) is 11.8. The van der Waals surface area contributed by atoms with Crippen LogP contribution < -0.4 is 5.32 Å². The third-order valence-electron chi connectivity index (χ3n) is 5.91. The Morgan fingerprint density at radius 3 is 3.07 bits per heavy atom. The average Bonchev–Trinajstić information content (AvgIpc) is 3.17. The van der Waals surface area contributed by atoms with Crippen molar-refractivity contribution in [1.82, 2.24) is 10.2 Å². The van der Waals surface area contributed by atoms with Crippen LogP contribution in [0.4, 0.5) is 0 Å². The molecule has 6 atom stereocenters. The highest BCUT2D eigenvalue weighted by Gasteiger charge is 2.45. The topological polar surface area (TPSA) is 86.3 Å². The van der Waals surface area contributed by atoms with Crippen LogP contribution in [-0.4, -0.2) is 54.5 Å². The summed E-state index contributed by atoms with van der Waals surface area (Å²) in [7, 11) is -3.56. The molecule has 3 heterocycles. The highest BCUT2D eigenvalue weighted by molar-refractivity contribution is 7.80. The molecule has 3 aliphatic heterocycles. The maximum Gasteiger partial charge on any atom is 0.475 e. The van der Waals surface area contributed by atoms with Gasteiger partial charge in [0.25, 0.3) is 0 Å². The number of rotatable bonds is 5. The normalized spacial score (nSPS) is 41.2. The van der Waals surface area contributed by atoms with E-state index in [9.17, 15) is 9.36 Å². The van der Waals surface area contributed by atoms with E-state index in [4.69, 9.17) is 30.5 Å². The molecule has 3 fully saturated rings. The van der Waals surface area contributed by atoms with Gasteiger partial charge in [-0.05, 0) is 43.8 Å². The number of thiocarbonyl (C=S) groups is 1. The highest BCUT2D eigenvalue weighted by atomic mass is 32.1. The van der Waals surface area contributed by atoms with Crippen molar-refractivity contribution >= 4 is 31.4 Å². The molecule has 4 aliphatic rings. The minimum absolute atomic E-state index is 0.0609. The van der Waals surface area contributed by atoms with Gasteiger partial charge in [0.1, 0.15) is 12.5 Å². The molecule has 28 heavy (non-hydrogen) atoms. The molecule has 0 radical (unpaired) electrons. The Labute approximate surface area is 170 Å². The number of carbonyl (C=O) groups is 1. The predicted octanol–water partition coefficient (Wildman–Crippen LogP) is 2.74. The molecule has 156 valence electrons. The fraction of sp³-hybridized carbons (Fsp3) is 0.778. The molecule has 0 bridgehead atoms. The van der Waals surface area contributed by atoms with Crippen LogP contribution in [0, 0.1) is 11.8 Å². The Balaban J connectivity index is 1.31.